The molecule has 2 amide bonds. The van der Waals surface area contributed by atoms with Gasteiger partial charge in [-0.05, 0) is 32.0 Å². The van der Waals surface area contributed by atoms with Gasteiger partial charge in [-0.25, -0.2) is 4.79 Å². The molecule has 2 aromatic rings. The van der Waals surface area contributed by atoms with E-state index in [2.05, 4.69) is 15.6 Å². The van der Waals surface area contributed by atoms with Crippen molar-refractivity contribution in [3.05, 3.63) is 54.4 Å². The zero-order chi connectivity index (χ0) is 16.7. The van der Waals surface area contributed by atoms with E-state index in [0.29, 0.717) is 18.0 Å². The highest BCUT2D eigenvalue weighted by molar-refractivity contribution is 6.00. The first-order valence-electron chi connectivity index (χ1n) is 7.30. The molecule has 0 saturated carbocycles. The second-order valence-corrected chi connectivity index (χ2v) is 5.78. The summed E-state index contributed by atoms with van der Waals surface area (Å²) in [6, 6.07) is 10.5. The molecule has 6 nitrogen and oxygen atoms in total. The van der Waals surface area contributed by atoms with Gasteiger partial charge in [-0.3, -0.25) is 4.98 Å². The molecular formula is C17H21N3O3. The van der Waals surface area contributed by atoms with E-state index in [9.17, 15) is 9.90 Å². The van der Waals surface area contributed by atoms with Gasteiger partial charge in [0.1, 0.15) is 0 Å². The molecule has 0 aliphatic heterocycles. The summed E-state index contributed by atoms with van der Waals surface area (Å²) >= 11 is 0. The number of ether oxygens (including phenoxy) is 1. The molecule has 0 bridgehead atoms. The minimum Gasteiger partial charge on any atom is -0.388 e. The molecule has 0 atom stereocenters. The third kappa shape index (κ3) is 6.06. The normalized spacial score (nSPS) is 11.1. The van der Waals surface area contributed by atoms with Crippen LogP contribution in [0.1, 0.15) is 19.4 Å². The predicted molar refractivity (Wildman–Crippen MR) is 89.3 cm³/mol. The van der Waals surface area contributed by atoms with Crippen molar-refractivity contribution in [1.82, 2.24) is 4.98 Å². The van der Waals surface area contributed by atoms with Crippen molar-refractivity contribution in [3.8, 4) is 0 Å². The quantitative estimate of drug-likeness (QED) is 0.765. The molecule has 0 saturated heterocycles. The fraction of sp³-hybridized carbons (Fsp3) is 0.294. The van der Waals surface area contributed by atoms with Gasteiger partial charge in [0.05, 0.1) is 30.7 Å². The van der Waals surface area contributed by atoms with Crippen LogP contribution in [0.15, 0.2) is 48.8 Å². The monoisotopic (exact) mass is 315 g/mol. The minimum atomic E-state index is -0.889. The number of carbonyl (C=O) groups excluding carboxylic acids is 1. The van der Waals surface area contributed by atoms with E-state index >= 15 is 0 Å². The Hall–Kier alpha value is -2.44. The molecule has 0 spiro atoms. The van der Waals surface area contributed by atoms with Crippen LogP contribution in [0.4, 0.5) is 16.2 Å². The van der Waals surface area contributed by atoms with Gasteiger partial charge in [0.15, 0.2) is 0 Å². The van der Waals surface area contributed by atoms with Crippen LogP contribution < -0.4 is 10.6 Å². The Morgan fingerprint density at radius 2 is 2.00 bits per heavy atom. The number of nitrogens with zero attached hydrogens (tertiary/aromatic N) is 1. The van der Waals surface area contributed by atoms with Crippen molar-refractivity contribution in [2.45, 2.75) is 26.1 Å². The molecule has 6 heteroatoms. The molecule has 1 aromatic heterocycles. The van der Waals surface area contributed by atoms with Crippen LogP contribution in [0.3, 0.4) is 0 Å². The molecule has 1 aromatic carbocycles. The van der Waals surface area contributed by atoms with E-state index in [1.54, 1.807) is 44.4 Å². The second kappa shape index (κ2) is 7.71. The molecule has 2 rings (SSSR count). The van der Waals surface area contributed by atoms with Crippen LogP contribution in [-0.4, -0.2) is 28.3 Å². The van der Waals surface area contributed by atoms with Crippen molar-refractivity contribution < 1.29 is 14.6 Å². The molecule has 0 aliphatic rings. The van der Waals surface area contributed by atoms with Crippen LogP contribution in [0.2, 0.25) is 0 Å². The van der Waals surface area contributed by atoms with Gasteiger partial charge >= 0.3 is 6.03 Å². The first-order valence-corrected chi connectivity index (χ1v) is 7.30. The van der Waals surface area contributed by atoms with Gasteiger partial charge in [0.2, 0.25) is 0 Å². The van der Waals surface area contributed by atoms with E-state index < -0.39 is 5.60 Å². The van der Waals surface area contributed by atoms with Crippen LogP contribution in [0.5, 0.6) is 0 Å². The Balaban J connectivity index is 1.95. The fourth-order valence-corrected chi connectivity index (χ4v) is 1.90. The summed E-state index contributed by atoms with van der Waals surface area (Å²) in [5.41, 5.74) is 1.21. The Morgan fingerprint density at radius 3 is 2.70 bits per heavy atom. The number of nitrogens with one attached hydrogen (secondary N) is 2. The summed E-state index contributed by atoms with van der Waals surface area (Å²) < 4.78 is 5.49. The van der Waals surface area contributed by atoms with Crippen LogP contribution in [-0.2, 0) is 11.3 Å². The molecule has 23 heavy (non-hydrogen) atoms. The molecule has 0 radical (unpaired) electrons. The van der Waals surface area contributed by atoms with Gasteiger partial charge in [0, 0.05) is 17.4 Å². The summed E-state index contributed by atoms with van der Waals surface area (Å²) in [5.74, 6) is 0. The number of urea groups is 1. The average molecular weight is 315 g/mol. The number of hydrogen-bond acceptors (Lipinski definition) is 4. The highest BCUT2D eigenvalue weighted by Gasteiger charge is 2.13. The average Bonchev–Trinajstić information content (AvgIpc) is 2.49. The summed E-state index contributed by atoms with van der Waals surface area (Å²) in [7, 11) is 0. The van der Waals surface area contributed by atoms with Crippen molar-refractivity contribution in [1.29, 1.82) is 0 Å². The standard InChI is InChI=1S/C17H21N3O3/c1-17(2,22)12-23-11-13-6-3-4-8-15(13)20-16(21)19-14-7-5-9-18-10-14/h3-10,22H,11-12H2,1-2H3,(H2,19,20,21). The lowest BCUT2D eigenvalue weighted by Crippen LogP contribution is -2.26. The number of benzene rings is 1. The van der Waals surface area contributed by atoms with E-state index in [4.69, 9.17) is 4.74 Å². The van der Waals surface area contributed by atoms with Crippen molar-refractivity contribution in [2.75, 3.05) is 17.2 Å². The van der Waals surface area contributed by atoms with Crippen LogP contribution >= 0.6 is 0 Å². The van der Waals surface area contributed by atoms with Gasteiger partial charge in [-0.1, -0.05) is 18.2 Å². The van der Waals surface area contributed by atoms with E-state index in [0.717, 1.165) is 5.56 Å². The van der Waals surface area contributed by atoms with E-state index in [-0.39, 0.29) is 12.6 Å². The van der Waals surface area contributed by atoms with Gasteiger partial charge in [-0.2, -0.15) is 0 Å². The molecule has 1 heterocycles. The number of rotatable bonds is 6. The number of carbonyl (C=O) groups is 1. The Morgan fingerprint density at radius 1 is 1.22 bits per heavy atom. The largest absolute Gasteiger partial charge is 0.388 e. The first-order chi connectivity index (χ1) is 10.9. The first kappa shape index (κ1) is 16.9. The third-order valence-electron chi connectivity index (χ3n) is 2.90. The fourth-order valence-electron chi connectivity index (χ4n) is 1.90. The molecule has 0 fully saturated rings. The lowest BCUT2D eigenvalue weighted by atomic mass is 10.1. The van der Waals surface area contributed by atoms with E-state index in [1.165, 1.54) is 0 Å². The van der Waals surface area contributed by atoms with Crippen molar-refractivity contribution >= 4 is 17.4 Å². The number of hydrogen-bond donors (Lipinski definition) is 3. The summed E-state index contributed by atoms with van der Waals surface area (Å²) in [4.78, 5) is 16.0. The van der Waals surface area contributed by atoms with Gasteiger partial charge < -0.3 is 20.5 Å². The lowest BCUT2D eigenvalue weighted by Gasteiger charge is -2.18. The number of aromatic nitrogens is 1. The predicted octanol–water partition coefficient (Wildman–Crippen LogP) is 3.01. The van der Waals surface area contributed by atoms with Gasteiger partial charge in [-0.15, -0.1) is 0 Å². The Labute approximate surface area is 135 Å². The summed E-state index contributed by atoms with van der Waals surface area (Å²) in [6.45, 7) is 3.87. The number of anilines is 2. The maximum Gasteiger partial charge on any atom is 0.323 e. The highest BCUT2D eigenvalue weighted by Crippen LogP contribution is 2.17. The summed E-state index contributed by atoms with van der Waals surface area (Å²) in [5, 5.41) is 15.2. The Bertz CT molecular complexity index is 639. The second-order valence-electron chi connectivity index (χ2n) is 5.78. The molecule has 0 unspecified atom stereocenters. The third-order valence-corrected chi connectivity index (χ3v) is 2.90. The number of para-hydroxylation sites is 1. The zero-order valence-corrected chi connectivity index (χ0v) is 13.2. The van der Waals surface area contributed by atoms with Gasteiger partial charge in [0.25, 0.3) is 0 Å². The van der Waals surface area contributed by atoms with E-state index in [1.807, 2.05) is 18.2 Å². The molecular weight excluding hydrogens is 294 g/mol. The lowest BCUT2D eigenvalue weighted by molar-refractivity contribution is -0.0267. The topological polar surface area (TPSA) is 83.5 Å². The number of aliphatic hydroxyl groups is 1. The smallest absolute Gasteiger partial charge is 0.323 e. The maximum absolute atomic E-state index is 12.0. The Kier molecular flexibility index (Phi) is 5.67. The number of amides is 2. The zero-order valence-electron chi connectivity index (χ0n) is 13.2. The van der Waals surface area contributed by atoms with Crippen molar-refractivity contribution in [3.63, 3.8) is 0 Å². The van der Waals surface area contributed by atoms with Crippen LogP contribution in [0.25, 0.3) is 0 Å². The molecule has 0 aliphatic carbocycles. The number of pyridine rings is 1. The van der Waals surface area contributed by atoms with Crippen molar-refractivity contribution in [2.24, 2.45) is 0 Å². The van der Waals surface area contributed by atoms with Crippen LogP contribution in [0, 0.1) is 0 Å². The highest BCUT2D eigenvalue weighted by atomic mass is 16.5. The summed E-state index contributed by atoms with van der Waals surface area (Å²) in [6.07, 6.45) is 3.20. The SMILES string of the molecule is CC(C)(O)COCc1ccccc1NC(=O)Nc1cccnc1. The molecule has 3 N–H and O–H groups in total. The maximum atomic E-state index is 12.0. The minimum absolute atomic E-state index is 0.212. The molecule has 122 valence electrons.